The van der Waals surface area contributed by atoms with Crippen LogP contribution in [0, 0.1) is 27.7 Å². The second-order valence-electron chi connectivity index (χ2n) is 7.68. The molecule has 0 spiro atoms. The molecule has 8 nitrogen and oxygen atoms in total. The van der Waals surface area contributed by atoms with E-state index in [1.165, 1.54) is 0 Å². The van der Waals surface area contributed by atoms with Gasteiger partial charge in [0.2, 0.25) is 10.0 Å². The largest absolute Gasteiger partial charge is 0.354 e. The van der Waals surface area contributed by atoms with E-state index in [4.69, 9.17) is 0 Å². The molecule has 1 fully saturated rings. The van der Waals surface area contributed by atoms with E-state index in [-0.39, 0.29) is 0 Å². The molecule has 0 aliphatic carbocycles. The van der Waals surface area contributed by atoms with Gasteiger partial charge in [0.1, 0.15) is 11.6 Å². The first-order chi connectivity index (χ1) is 14.2. The molecule has 1 aromatic carbocycles. The molecule has 1 aliphatic heterocycles. The number of aromatic nitrogens is 4. The lowest BCUT2D eigenvalue weighted by molar-refractivity contribution is 0.383. The van der Waals surface area contributed by atoms with Crippen molar-refractivity contribution in [3.05, 3.63) is 59.2 Å². The Bertz CT molecular complexity index is 1180. The molecule has 0 amide bonds. The first-order valence-electron chi connectivity index (χ1n) is 9.95. The lowest BCUT2D eigenvalue weighted by atomic mass is 10.2. The quantitative estimate of drug-likeness (QED) is 0.637. The van der Waals surface area contributed by atoms with E-state index in [0.29, 0.717) is 36.9 Å². The van der Waals surface area contributed by atoms with Gasteiger partial charge in [0, 0.05) is 37.9 Å². The summed E-state index contributed by atoms with van der Waals surface area (Å²) in [5.74, 6) is 2.17. The predicted molar refractivity (Wildman–Crippen MR) is 116 cm³/mol. The Morgan fingerprint density at radius 1 is 0.867 bits per heavy atom. The third-order valence-electron chi connectivity index (χ3n) is 5.23. The van der Waals surface area contributed by atoms with Crippen molar-refractivity contribution >= 4 is 15.8 Å². The molecule has 0 radical (unpaired) electrons. The summed E-state index contributed by atoms with van der Waals surface area (Å²) in [4.78, 5) is 11.6. The fourth-order valence-corrected chi connectivity index (χ4v) is 5.28. The van der Waals surface area contributed by atoms with E-state index in [2.05, 4.69) is 20.0 Å². The lowest BCUT2D eigenvalue weighted by Crippen LogP contribution is -2.49. The highest BCUT2D eigenvalue weighted by atomic mass is 32.2. The van der Waals surface area contributed by atoms with E-state index in [1.54, 1.807) is 22.5 Å². The molecule has 0 N–H and O–H groups in total. The molecule has 3 heterocycles. The van der Waals surface area contributed by atoms with Crippen LogP contribution in [0.2, 0.25) is 0 Å². The summed E-state index contributed by atoms with van der Waals surface area (Å²) in [6.45, 7) is 9.66. The van der Waals surface area contributed by atoms with Crippen molar-refractivity contribution in [3.8, 4) is 5.82 Å². The molecule has 1 saturated heterocycles. The topological polar surface area (TPSA) is 84.2 Å². The van der Waals surface area contributed by atoms with Gasteiger partial charge in [-0.3, -0.25) is 0 Å². The smallest absolute Gasteiger partial charge is 0.243 e. The van der Waals surface area contributed by atoms with E-state index in [0.717, 1.165) is 28.6 Å². The number of hydrogen-bond acceptors (Lipinski definition) is 6. The SMILES string of the molecule is Cc1cccc(S(=O)(=O)N2CCN(c3cc(-n4nc(C)cc4C)nc(C)n3)CC2)c1. The second-order valence-corrected chi connectivity index (χ2v) is 9.62. The third-order valence-corrected chi connectivity index (χ3v) is 7.12. The van der Waals surface area contributed by atoms with Crippen molar-refractivity contribution < 1.29 is 8.42 Å². The minimum atomic E-state index is -3.49. The summed E-state index contributed by atoms with van der Waals surface area (Å²) in [6.07, 6.45) is 0. The second kappa shape index (κ2) is 7.81. The van der Waals surface area contributed by atoms with Crippen LogP contribution in [-0.4, -0.2) is 58.7 Å². The van der Waals surface area contributed by atoms with Crippen LogP contribution in [0.15, 0.2) is 41.3 Å². The summed E-state index contributed by atoms with van der Waals surface area (Å²) >= 11 is 0. The fraction of sp³-hybridized carbons (Fsp3) is 0.381. The zero-order valence-electron chi connectivity index (χ0n) is 17.7. The number of aryl methyl sites for hydroxylation is 4. The van der Waals surface area contributed by atoms with Gasteiger partial charge < -0.3 is 4.90 Å². The Balaban J connectivity index is 1.54. The van der Waals surface area contributed by atoms with Gasteiger partial charge in [0.15, 0.2) is 5.82 Å². The van der Waals surface area contributed by atoms with Crippen molar-refractivity contribution in [3.63, 3.8) is 0 Å². The number of benzene rings is 1. The average Bonchev–Trinajstić information content (AvgIpc) is 3.05. The molecule has 158 valence electrons. The van der Waals surface area contributed by atoms with Gasteiger partial charge in [-0.2, -0.15) is 9.40 Å². The number of sulfonamides is 1. The maximum atomic E-state index is 13.0. The minimum absolute atomic E-state index is 0.348. The first-order valence-corrected chi connectivity index (χ1v) is 11.4. The molecule has 0 unspecified atom stereocenters. The number of anilines is 1. The molecule has 9 heteroatoms. The molecule has 3 aromatic rings. The normalized spacial score (nSPS) is 15.5. The van der Waals surface area contributed by atoms with E-state index in [1.807, 2.05) is 50.6 Å². The summed E-state index contributed by atoms with van der Waals surface area (Å²) in [5.41, 5.74) is 2.87. The maximum Gasteiger partial charge on any atom is 0.243 e. The van der Waals surface area contributed by atoms with Crippen LogP contribution in [0.4, 0.5) is 5.82 Å². The van der Waals surface area contributed by atoms with E-state index >= 15 is 0 Å². The molecule has 1 aliphatic rings. The molecule has 4 rings (SSSR count). The summed E-state index contributed by atoms with van der Waals surface area (Å²) in [5, 5.41) is 4.51. The monoisotopic (exact) mass is 426 g/mol. The number of nitrogens with zero attached hydrogens (tertiary/aromatic N) is 6. The van der Waals surface area contributed by atoms with Gasteiger partial charge in [-0.05, 0) is 51.5 Å². The molecular formula is C21H26N6O2S. The number of rotatable bonds is 4. The van der Waals surface area contributed by atoms with Crippen molar-refractivity contribution in [2.24, 2.45) is 0 Å². The predicted octanol–water partition coefficient (Wildman–Crippen LogP) is 2.41. The average molecular weight is 427 g/mol. The summed E-state index contributed by atoms with van der Waals surface area (Å²) in [6, 6.07) is 11.0. The highest BCUT2D eigenvalue weighted by Gasteiger charge is 2.29. The Morgan fingerprint density at radius 2 is 1.57 bits per heavy atom. The van der Waals surface area contributed by atoms with Crippen molar-refractivity contribution in [1.82, 2.24) is 24.1 Å². The first kappa shape index (κ1) is 20.5. The molecular weight excluding hydrogens is 400 g/mol. The third kappa shape index (κ3) is 3.95. The molecule has 0 saturated carbocycles. The summed E-state index contributed by atoms with van der Waals surface area (Å²) in [7, 11) is -3.49. The van der Waals surface area contributed by atoms with Gasteiger partial charge in [0.05, 0.1) is 10.6 Å². The molecule has 0 bridgehead atoms. The van der Waals surface area contributed by atoms with Crippen LogP contribution in [-0.2, 0) is 10.0 Å². The van der Waals surface area contributed by atoms with Gasteiger partial charge in [0.25, 0.3) is 0 Å². The highest BCUT2D eigenvalue weighted by Crippen LogP contribution is 2.22. The van der Waals surface area contributed by atoms with Crippen LogP contribution in [0.3, 0.4) is 0 Å². The minimum Gasteiger partial charge on any atom is -0.354 e. The van der Waals surface area contributed by atoms with E-state index in [9.17, 15) is 8.42 Å². The number of hydrogen-bond donors (Lipinski definition) is 0. The highest BCUT2D eigenvalue weighted by molar-refractivity contribution is 7.89. The maximum absolute atomic E-state index is 13.0. The van der Waals surface area contributed by atoms with Gasteiger partial charge in [-0.1, -0.05) is 12.1 Å². The van der Waals surface area contributed by atoms with Crippen LogP contribution < -0.4 is 4.90 Å². The fourth-order valence-electron chi connectivity index (χ4n) is 3.75. The Labute approximate surface area is 177 Å². The van der Waals surface area contributed by atoms with Crippen molar-refractivity contribution in [2.75, 3.05) is 31.1 Å². The molecule has 0 atom stereocenters. The Morgan fingerprint density at radius 3 is 2.20 bits per heavy atom. The van der Waals surface area contributed by atoms with Crippen LogP contribution >= 0.6 is 0 Å². The van der Waals surface area contributed by atoms with Crippen molar-refractivity contribution in [1.29, 1.82) is 0 Å². The zero-order chi connectivity index (χ0) is 21.5. The van der Waals surface area contributed by atoms with Crippen LogP contribution in [0.1, 0.15) is 22.8 Å². The lowest BCUT2D eigenvalue weighted by Gasteiger charge is -2.34. The Hall–Kier alpha value is -2.78. The Kier molecular flexibility index (Phi) is 5.33. The van der Waals surface area contributed by atoms with Gasteiger partial charge in [-0.25, -0.2) is 23.1 Å². The standard InChI is InChI=1S/C21H26N6O2S/c1-15-6-5-7-19(12-15)30(28,29)26-10-8-25(9-11-26)20-14-21(23-18(4)22-20)27-17(3)13-16(2)24-27/h5-7,12-14H,8-11H2,1-4H3. The zero-order valence-corrected chi connectivity index (χ0v) is 18.5. The van der Waals surface area contributed by atoms with Gasteiger partial charge >= 0.3 is 0 Å². The van der Waals surface area contributed by atoms with Crippen LogP contribution in [0.25, 0.3) is 5.82 Å². The van der Waals surface area contributed by atoms with Crippen molar-refractivity contribution in [2.45, 2.75) is 32.6 Å². The number of piperazine rings is 1. The van der Waals surface area contributed by atoms with E-state index < -0.39 is 10.0 Å². The van der Waals surface area contributed by atoms with Crippen LogP contribution in [0.5, 0.6) is 0 Å². The van der Waals surface area contributed by atoms with Gasteiger partial charge in [-0.15, -0.1) is 0 Å². The molecule has 2 aromatic heterocycles. The molecule has 30 heavy (non-hydrogen) atoms. The summed E-state index contributed by atoms with van der Waals surface area (Å²) < 4.78 is 29.3.